The highest BCUT2D eigenvalue weighted by atomic mass is 16.5. The van der Waals surface area contributed by atoms with Crippen LogP contribution in [-0.4, -0.2) is 31.2 Å². The van der Waals surface area contributed by atoms with E-state index in [4.69, 9.17) is 10.5 Å². The first-order chi connectivity index (χ1) is 7.31. The lowest BCUT2D eigenvalue weighted by Gasteiger charge is -2.20. The number of nitrogens with one attached hydrogen (secondary N) is 1. The molecule has 0 aliphatic carbocycles. The van der Waals surface area contributed by atoms with Crippen LogP contribution in [0.15, 0.2) is 24.4 Å². The molecule has 1 atom stereocenters. The summed E-state index contributed by atoms with van der Waals surface area (Å²) in [5.74, 6) is 0.652. The lowest BCUT2D eigenvalue weighted by atomic mass is 10.0. The number of rotatable bonds is 2. The van der Waals surface area contributed by atoms with Gasteiger partial charge in [0.15, 0.2) is 0 Å². The zero-order valence-electron chi connectivity index (χ0n) is 8.73. The molecular weight excluding hydrogens is 190 g/mol. The summed E-state index contributed by atoms with van der Waals surface area (Å²) in [6.45, 7) is 1.64. The summed E-state index contributed by atoms with van der Waals surface area (Å²) in [6.07, 6.45) is 3.79. The van der Waals surface area contributed by atoms with Crippen molar-refractivity contribution in [2.24, 2.45) is 5.73 Å². The third kappa shape index (κ3) is 2.16. The normalized spacial score (nSPS) is 20.9. The quantitative estimate of drug-likeness (QED) is 0.734. The largest absolute Gasteiger partial charge is 0.481 e. The van der Waals surface area contributed by atoms with E-state index in [0.717, 1.165) is 24.2 Å². The lowest BCUT2D eigenvalue weighted by Crippen LogP contribution is -2.37. The van der Waals surface area contributed by atoms with Crippen molar-refractivity contribution in [1.82, 2.24) is 10.3 Å². The Labute approximate surface area is 89.1 Å². The van der Waals surface area contributed by atoms with Gasteiger partial charge in [-0.2, -0.15) is 0 Å². The summed E-state index contributed by atoms with van der Waals surface area (Å²) in [7, 11) is 1.63. The molecule has 15 heavy (non-hydrogen) atoms. The van der Waals surface area contributed by atoms with E-state index in [0.29, 0.717) is 5.88 Å². The summed E-state index contributed by atoms with van der Waals surface area (Å²) in [5.41, 5.74) is 8.02. The maximum absolute atomic E-state index is 5.85. The molecule has 0 spiro atoms. The Morgan fingerprint density at radius 2 is 2.47 bits per heavy atom. The van der Waals surface area contributed by atoms with Crippen molar-refractivity contribution < 1.29 is 4.74 Å². The highest BCUT2D eigenvalue weighted by molar-refractivity contribution is 5.71. The van der Waals surface area contributed by atoms with Crippen LogP contribution in [0.4, 0.5) is 0 Å². The minimum Gasteiger partial charge on any atom is -0.481 e. The monoisotopic (exact) mass is 205 g/mol. The molecule has 2 rings (SSSR count). The van der Waals surface area contributed by atoms with Gasteiger partial charge in [-0.25, -0.2) is 4.98 Å². The molecule has 1 aliphatic heterocycles. The van der Waals surface area contributed by atoms with E-state index in [9.17, 15) is 0 Å². The van der Waals surface area contributed by atoms with Crippen LogP contribution in [0.5, 0.6) is 5.88 Å². The van der Waals surface area contributed by atoms with E-state index >= 15 is 0 Å². The number of hydrogen-bond acceptors (Lipinski definition) is 4. The summed E-state index contributed by atoms with van der Waals surface area (Å²) in [5, 5.41) is 3.26. The average Bonchev–Trinajstić information content (AvgIpc) is 2.29. The number of pyridine rings is 1. The van der Waals surface area contributed by atoms with Crippen molar-refractivity contribution in [2.75, 3.05) is 20.2 Å². The maximum atomic E-state index is 5.85. The van der Waals surface area contributed by atoms with E-state index in [1.54, 1.807) is 13.3 Å². The molecule has 0 amide bonds. The molecule has 80 valence electrons. The molecule has 0 fully saturated rings. The van der Waals surface area contributed by atoms with Crippen LogP contribution in [0.1, 0.15) is 5.56 Å². The molecule has 1 aliphatic rings. The van der Waals surface area contributed by atoms with E-state index in [1.807, 2.05) is 12.1 Å². The van der Waals surface area contributed by atoms with Crippen LogP contribution < -0.4 is 15.8 Å². The van der Waals surface area contributed by atoms with Gasteiger partial charge in [-0.05, 0) is 17.7 Å². The van der Waals surface area contributed by atoms with Gasteiger partial charge in [0.1, 0.15) is 0 Å². The first-order valence-corrected chi connectivity index (χ1v) is 4.97. The zero-order valence-corrected chi connectivity index (χ0v) is 8.73. The number of methoxy groups -OCH3 is 1. The third-order valence-corrected chi connectivity index (χ3v) is 2.42. The van der Waals surface area contributed by atoms with Gasteiger partial charge in [0.2, 0.25) is 5.88 Å². The molecule has 0 bridgehead atoms. The van der Waals surface area contributed by atoms with Crippen molar-refractivity contribution in [2.45, 2.75) is 6.04 Å². The van der Waals surface area contributed by atoms with Gasteiger partial charge in [0.05, 0.1) is 7.11 Å². The van der Waals surface area contributed by atoms with Crippen LogP contribution in [0.2, 0.25) is 0 Å². The number of aromatic nitrogens is 1. The Balaban J connectivity index is 2.36. The summed E-state index contributed by atoms with van der Waals surface area (Å²) < 4.78 is 5.21. The molecule has 0 radical (unpaired) electrons. The van der Waals surface area contributed by atoms with Crippen molar-refractivity contribution in [3.8, 4) is 5.88 Å². The van der Waals surface area contributed by atoms with Crippen molar-refractivity contribution in [3.63, 3.8) is 0 Å². The number of hydrogen-bond donors (Lipinski definition) is 2. The minimum atomic E-state index is 0.0682. The fourth-order valence-electron chi connectivity index (χ4n) is 1.73. The molecular formula is C11H15N3O. The fraction of sp³-hybridized carbons (Fsp3) is 0.364. The lowest BCUT2D eigenvalue weighted by molar-refractivity contribution is 0.396. The number of nitrogens with zero attached hydrogens (tertiary/aromatic N) is 1. The Bertz CT molecular complexity index is 376. The number of ether oxygens (including phenoxy) is 1. The predicted octanol–water partition coefficient (Wildman–Crippen LogP) is 0.404. The molecule has 2 heterocycles. The molecule has 1 aromatic rings. The molecule has 0 aromatic carbocycles. The highest BCUT2D eigenvalue weighted by Crippen LogP contribution is 2.24. The summed E-state index contributed by atoms with van der Waals surface area (Å²) in [6, 6.07) is 3.97. The van der Waals surface area contributed by atoms with E-state index in [1.165, 1.54) is 0 Å². The fourth-order valence-corrected chi connectivity index (χ4v) is 1.73. The van der Waals surface area contributed by atoms with Crippen LogP contribution in [0.3, 0.4) is 0 Å². The molecule has 4 heteroatoms. The van der Waals surface area contributed by atoms with Gasteiger partial charge >= 0.3 is 0 Å². The van der Waals surface area contributed by atoms with E-state index in [-0.39, 0.29) is 6.04 Å². The Hall–Kier alpha value is -1.39. The van der Waals surface area contributed by atoms with E-state index < -0.39 is 0 Å². The Kier molecular flexibility index (Phi) is 2.99. The first-order valence-electron chi connectivity index (χ1n) is 4.97. The second-order valence-electron chi connectivity index (χ2n) is 3.55. The van der Waals surface area contributed by atoms with Gasteiger partial charge in [0.25, 0.3) is 0 Å². The molecule has 1 unspecified atom stereocenters. The smallest absolute Gasteiger partial charge is 0.220 e. The van der Waals surface area contributed by atoms with E-state index in [2.05, 4.69) is 16.4 Å². The second-order valence-corrected chi connectivity index (χ2v) is 3.55. The Morgan fingerprint density at radius 1 is 1.60 bits per heavy atom. The van der Waals surface area contributed by atoms with Crippen LogP contribution >= 0.6 is 0 Å². The van der Waals surface area contributed by atoms with Gasteiger partial charge < -0.3 is 15.8 Å². The predicted molar refractivity (Wildman–Crippen MR) is 59.6 cm³/mol. The molecule has 1 aromatic heterocycles. The average molecular weight is 205 g/mol. The van der Waals surface area contributed by atoms with Crippen LogP contribution in [0, 0.1) is 0 Å². The van der Waals surface area contributed by atoms with Crippen molar-refractivity contribution in [1.29, 1.82) is 0 Å². The molecule has 4 nitrogen and oxygen atoms in total. The standard InChI is InChI=1S/C11H15N3O/c1-15-11-10(3-2-4-14-11)8-5-9(12)7-13-6-8/h2-5,9,13H,6-7,12H2,1H3. The summed E-state index contributed by atoms with van der Waals surface area (Å²) >= 11 is 0. The minimum absolute atomic E-state index is 0.0682. The topological polar surface area (TPSA) is 60.2 Å². The van der Waals surface area contributed by atoms with Gasteiger partial charge in [-0.15, -0.1) is 0 Å². The summed E-state index contributed by atoms with van der Waals surface area (Å²) in [4.78, 5) is 4.17. The zero-order chi connectivity index (χ0) is 10.7. The van der Waals surface area contributed by atoms with Crippen molar-refractivity contribution >= 4 is 5.57 Å². The van der Waals surface area contributed by atoms with Crippen molar-refractivity contribution in [3.05, 3.63) is 30.0 Å². The van der Waals surface area contributed by atoms with Gasteiger partial charge in [-0.3, -0.25) is 0 Å². The molecule has 0 saturated carbocycles. The first kappa shape index (κ1) is 10.1. The SMILES string of the molecule is COc1ncccc1C1=CC(N)CNC1. The van der Waals surface area contributed by atoms with Crippen LogP contribution in [-0.2, 0) is 0 Å². The molecule has 0 saturated heterocycles. The number of nitrogens with two attached hydrogens (primary N) is 1. The van der Waals surface area contributed by atoms with Gasteiger partial charge in [0, 0.05) is 30.9 Å². The Morgan fingerprint density at radius 3 is 3.20 bits per heavy atom. The highest BCUT2D eigenvalue weighted by Gasteiger charge is 2.14. The molecule has 3 N–H and O–H groups in total. The van der Waals surface area contributed by atoms with Gasteiger partial charge in [-0.1, -0.05) is 6.08 Å². The van der Waals surface area contributed by atoms with Crippen LogP contribution in [0.25, 0.3) is 5.57 Å². The second kappa shape index (κ2) is 4.42. The third-order valence-electron chi connectivity index (χ3n) is 2.42. The maximum Gasteiger partial charge on any atom is 0.220 e.